The first-order chi connectivity index (χ1) is 31.3. The monoisotopic (exact) mass is 939 g/mol. The molecule has 2 N–H and O–H groups in total. The minimum absolute atomic E-state index is 0.0976. The highest BCUT2D eigenvalue weighted by Crippen LogP contribution is 2.43. The number of likely N-dealkylation sites (tertiary alicyclic amines) is 1. The maximum absolute atomic E-state index is 14.3. The van der Waals surface area contributed by atoms with Gasteiger partial charge in [-0.1, -0.05) is 12.1 Å². The highest BCUT2D eigenvalue weighted by molar-refractivity contribution is 7.98. The molecule has 3 unspecified atom stereocenters. The van der Waals surface area contributed by atoms with Gasteiger partial charge in [-0.3, -0.25) is 29.6 Å². The van der Waals surface area contributed by atoms with Crippen molar-refractivity contribution in [1.82, 2.24) is 29.4 Å². The van der Waals surface area contributed by atoms with Gasteiger partial charge in [-0.15, -0.1) is 0 Å². The topological polar surface area (TPSA) is 143 Å². The lowest BCUT2D eigenvalue weighted by Gasteiger charge is -2.47. The number of piperidine rings is 4. The number of carbonyl (C=O) groups excluding carboxylic acids is 3. The molecule has 3 aromatic rings. The summed E-state index contributed by atoms with van der Waals surface area (Å²) in [5, 5.41) is 5.43. The van der Waals surface area contributed by atoms with Crippen LogP contribution in [0.25, 0.3) is 5.57 Å². The van der Waals surface area contributed by atoms with Gasteiger partial charge in [0.2, 0.25) is 17.8 Å². The number of carbonyl (C=O) groups is 3. The summed E-state index contributed by atoms with van der Waals surface area (Å²) in [7, 11) is -2.87. The second-order valence-corrected chi connectivity index (χ2v) is 20.6. The maximum atomic E-state index is 14.3. The molecule has 4 saturated heterocycles. The van der Waals surface area contributed by atoms with E-state index in [1.165, 1.54) is 0 Å². The first-order valence-corrected chi connectivity index (χ1v) is 24.0. The Morgan fingerprint density at radius 1 is 0.909 bits per heavy atom. The van der Waals surface area contributed by atoms with E-state index < -0.39 is 57.7 Å². The molecular formula is C46H51F6N9O4S. The lowest BCUT2D eigenvalue weighted by atomic mass is 9.71. The number of halogens is 6. The standard InChI is InChI=1S/C46H51F6N9O4S/c1-66(65,60-15-9-32(10-16-60)55-43-54-26-37(46(50,51)52)40(57-43)30-22-33(53-25-30)24-45(47,48)49)35-4-2-3-29(21-35)27-58-17-11-44(12-18-58)13-19-59(20-14-44)34-5-6-36-31(23-34)28-61(42(36)64)38-7-8-39(62)56-41(38)63/h2-6,21-23,25-26,32-33,38H,1,7-20,24,27-28H2,(H,54,55,57)(H,56,62,63). The molecule has 3 atom stereocenters. The Hall–Kier alpha value is -5.34. The second-order valence-electron chi connectivity index (χ2n) is 18.4. The Morgan fingerprint density at radius 2 is 1.64 bits per heavy atom. The molecule has 3 amide bonds. The predicted octanol–water partition coefficient (Wildman–Crippen LogP) is 6.49. The normalized spacial score (nSPS) is 24.1. The summed E-state index contributed by atoms with van der Waals surface area (Å²) in [4.78, 5) is 56.1. The average molecular weight is 940 g/mol. The molecule has 2 aromatic carbocycles. The Bertz CT molecular complexity index is 2560. The van der Waals surface area contributed by atoms with E-state index in [9.17, 15) is 44.9 Å². The Labute approximate surface area is 378 Å². The summed E-state index contributed by atoms with van der Waals surface area (Å²) < 4.78 is 96.7. The predicted molar refractivity (Wildman–Crippen MR) is 237 cm³/mol. The average Bonchev–Trinajstić information content (AvgIpc) is 3.87. The number of imide groups is 1. The van der Waals surface area contributed by atoms with Crippen molar-refractivity contribution in [2.24, 2.45) is 10.4 Å². The molecule has 4 fully saturated rings. The first kappa shape index (κ1) is 45.8. The largest absolute Gasteiger partial charge is 0.419 e. The number of hydrogen-bond donors (Lipinski definition) is 2. The molecule has 20 heteroatoms. The van der Waals surface area contributed by atoms with Gasteiger partial charge < -0.3 is 15.1 Å². The molecule has 0 bridgehead atoms. The summed E-state index contributed by atoms with van der Waals surface area (Å²) in [6, 6.07) is 11.4. The molecule has 6 aliphatic rings. The van der Waals surface area contributed by atoms with Crippen molar-refractivity contribution in [3.63, 3.8) is 0 Å². The minimum atomic E-state index is -4.84. The van der Waals surface area contributed by atoms with Crippen LogP contribution in [0.15, 0.2) is 64.6 Å². The van der Waals surface area contributed by atoms with Crippen LogP contribution < -0.4 is 15.5 Å². The van der Waals surface area contributed by atoms with Crippen LogP contribution in [0.2, 0.25) is 0 Å². The maximum Gasteiger partial charge on any atom is 0.419 e. The SMILES string of the molecule is C=S(=O)(c1cccc(CN2CCC3(CC2)CCN(c2ccc4c(c2)CN(C2CCC(=O)NC2=O)C4=O)CC3)c1)N1CCC(Nc2ncc(C(F)(F)F)c(C3=CC(CC(F)(F)F)N=C3)n2)CC1. The van der Waals surface area contributed by atoms with E-state index in [4.69, 9.17) is 0 Å². The van der Waals surface area contributed by atoms with Gasteiger partial charge in [0, 0.05) is 85.9 Å². The zero-order valence-corrected chi connectivity index (χ0v) is 37.0. The zero-order chi connectivity index (χ0) is 46.6. The van der Waals surface area contributed by atoms with Gasteiger partial charge in [0.25, 0.3) is 5.91 Å². The number of allylic oxidation sites excluding steroid dienone is 1. The number of aliphatic imine (C=N–C) groups is 1. The van der Waals surface area contributed by atoms with Crippen molar-refractivity contribution in [1.29, 1.82) is 0 Å². The van der Waals surface area contributed by atoms with Crippen LogP contribution in [0.4, 0.5) is 38.0 Å². The third-order valence-electron chi connectivity index (χ3n) is 14.1. The third kappa shape index (κ3) is 9.72. The number of rotatable bonds is 10. The van der Waals surface area contributed by atoms with Crippen LogP contribution in [0.5, 0.6) is 0 Å². The molecule has 7 heterocycles. The Morgan fingerprint density at radius 3 is 2.33 bits per heavy atom. The Balaban J connectivity index is 0.755. The zero-order valence-electron chi connectivity index (χ0n) is 36.2. The highest BCUT2D eigenvalue weighted by atomic mass is 32.2. The van der Waals surface area contributed by atoms with E-state index in [-0.39, 0.29) is 41.2 Å². The summed E-state index contributed by atoms with van der Waals surface area (Å²) in [5.41, 5.74) is 2.00. The summed E-state index contributed by atoms with van der Waals surface area (Å²) in [5.74, 6) is 3.17. The quantitative estimate of drug-likeness (QED) is 0.133. The van der Waals surface area contributed by atoms with Gasteiger partial charge in [0.15, 0.2) is 0 Å². The van der Waals surface area contributed by atoms with Crippen LogP contribution in [0.3, 0.4) is 0 Å². The molecule has 9 rings (SSSR count). The molecule has 13 nitrogen and oxygen atoms in total. The lowest BCUT2D eigenvalue weighted by molar-refractivity contribution is -0.138. The van der Waals surface area contributed by atoms with E-state index in [1.807, 2.05) is 40.7 Å². The van der Waals surface area contributed by atoms with Crippen LogP contribution in [-0.4, -0.2) is 122 Å². The number of alkyl halides is 6. The molecule has 6 aliphatic heterocycles. The molecule has 0 aliphatic carbocycles. The smallest absolute Gasteiger partial charge is 0.371 e. The fraction of sp³-hybridized carbons (Fsp3) is 0.500. The number of amides is 3. The number of nitrogens with one attached hydrogen (secondary N) is 2. The number of aromatic nitrogens is 2. The van der Waals surface area contributed by atoms with E-state index >= 15 is 0 Å². The molecule has 1 spiro atoms. The van der Waals surface area contributed by atoms with Crippen molar-refractivity contribution in [2.45, 2.75) is 106 Å². The van der Waals surface area contributed by atoms with Gasteiger partial charge in [-0.25, -0.2) is 18.5 Å². The first-order valence-electron chi connectivity index (χ1n) is 22.3. The van der Waals surface area contributed by atoms with Crippen molar-refractivity contribution in [3.05, 3.63) is 82.7 Å². The van der Waals surface area contributed by atoms with Gasteiger partial charge in [-0.05, 0) is 117 Å². The molecular weight excluding hydrogens is 889 g/mol. The van der Waals surface area contributed by atoms with Crippen molar-refractivity contribution in [3.8, 4) is 0 Å². The van der Waals surface area contributed by atoms with E-state index in [0.717, 1.165) is 81.0 Å². The third-order valence-corrected chi connectivity index (χ3v) is 16.3. The fourth-order valence-corrected chi connectivity index (χ4v) is 12.0. The van der Waals surface area contributed by atoms with Crippen molar-refractivity contribution >= 4 is 56.7 Å². The highest BCUT2D eigenvalue weighted by Gasteiger charge is 2.42. The summed E-state index contributed by atoms with van der Waals surface area (Å²) in [6.45, 7) is 5.53. The minimum Gasteiger partial charge on any atom is -0.371 e. The molecule has 0 radical (unpaired) electrons. The number of nitrogens with zero attached hydrogens (tertiary/aromatic N) is 7. The van der Waals surface area contributed by atoms with Crippen LogP contribution in [0.1, 0.15) is 90.5 Å². The van der Waals surface area contributed by atoms with Gasteiger partial charge in [0.1, 0.15) is 11.6 Å². The lowest BCUT2D eigenvalue weighted by Crippen LogP contribution is -2.52. The van der Waals surface area contributed by atoms with Crippen molar-refractivity contribution < 1.29 is 44.9 Å². The molecule has 66 heavy (non-hydrogen) atoms. The number of hydrogen-bond acceptors (Lipinski definition) is 10. The fourth-order valence-electron chi connectivity index (χ4n) is 10.2. The number of anilines is 2. The van der Waals surface area contributed by atoms with Gasteiger partial charge >= 0.3 is 12.4 Å². The van der Waals surface area contributed by atoms with Crippen LogP contribution >= 0.6 is 0 Å². The number of benzene rings is 2. The molecule has 352 valence electrons. The number of fused-ring (bicyclic) bond motifs is 1. The molecule has 0 saturated carbocycles. The van der Waals surface area contributed by atoms with E-state index in [2.05, 4.69) is 47.3 Å². The van der Waals surface area contributed by atoms with E-state index in [0.29, 0.717) is 62.1 Å². The Kier molecular flexibility index (Phi) is 12.3. The van der Waals surface area contributed by atoms with Gasteiger partial charge in [-0.2, -0.15) is 26.3 Å². The van der Waals surface area contributed by atoms with Crippen LogP contribution in [0, 0.1) is 5.41 Å². The van der Waals surface area contributed by atoms with Crippen LogP contribution in [-0.2, 0) is 38.6 Å². The summed E-state index contributed by atoms with van der Waals surface area (Å²) in [6.07, 6.45) is -2.29. The molecule has 1 aromatic heterocycles. The van der Waals surface area contributed by atoms with Crippen molar-refractivity contribution in [2.75, 3.05) is 49.5 Å². The van der Waals surface area contributed by atoms with E-state index in [1.54, 1.807) is 4.90 Å². The second kappa shape index (κ2) is 17.7. The van der Waals surface area contributed by atoms with Gasteiger partial charge in [0.05, 0.1) is 27.9 Å². The summed E-state index contributed by atoms with van der Waals surface area (Å²) >= 11 is 0.